The maximum atomic E-state index is 13.6. The molecule has 0 saturated heterocycles. The van der Waals surface area contributed by atoms with Gasteiger partial charge in [0.2, 0.25) is 0 Å². The van der Waals surface area contributed by atoms with Gasteiger partial charge in [-0.3, -0.25) is 4.79 Å². The molecule has 5 nitrogen and oxygen atoms in total. The van der Waals surface area contributed by atoms with Crippen LogP contribution in [0, 0.1) is 5.82 Å². The van der Waals surface area contributed by atoms with Gasteiger partial charge in [0.25, 0.3) is 5.91 Å². The third-order valence-electron chi connectivity index (χ3n) is 3.65. The maximum Gasteiger partial charge on any atom is 0.344 e. The normalized spacial score (nSPS) is 11.0. The first-order valence-corrected chi connectivity index (χ1v) is 8.67. The van der Waals surface area contributed by atoms with E-state index in [0.29, 0.717) is 5.75 Å². The average Bonchev–Trinajstić information content (AvgIpc) is 2.60. The minimum absolute atomic E-state index is 0.0222. The van der Waals surface area contributed by atoms with Crippen LogP contribution >= 0.6 is 11.6 Å². The zero-order chi connectivity index (χ0) is 20.0. The van der Waals surface area contributed by atoms with Gasteiger partial charge in [0.05, 0.1) is 5.69 Å². The number of esters is 1. The number of benzene rings is 2. The number of halogens is 2. The van der Waals surface area contributed by atoms with E-state index < -0.39 is 24.3 Å². The standard InChI is InChI=1S/C20H21ClFNO4/c1-20(2,3)13-4-7-15(8-5-13)26-12-19(25)27-11-18(24)23-17-9-6-14(21)10-16(17)22/h4-10H,11-12H2,1-3H3,(H,23,24). The lowest BCUT2D eigenvalue weighted by atomic mass is 9.87. The van der Waals surface area contributed by atoms with Crippen LogP contribution in [0.15, 0.2) is 42.5 Å². The van der Waals surface area contributed by atoms with Crippen LogP contribution < -0.4 is 10.1 Å². The number of ether oxygens (including phenoxy) is 2. The van der Waals surface area contributed by atoms with Crippen molar-refractivity contribution in [1.29, 1.82) is 0 Å². The van der Waals surface area contributed by atoms with Crippen LogP contribution in [0.3, 0.4) is 0 Å². The van der Waals surface area contributed by atoms with E-state index in [1.807, 2.05) is 12.1 Å². The molecule has 2 aromatic rings. The van der Waals surface area contributed by atoms with E-state index in [2.05, 4.69) is 26.1 Å². The number of nitrogens with one attached hydrogen (secondary N) is 1. The maximum absolute atomic E-state index is 13.6. The van der Waals surface area contributed by atoms with E-state index in [1.54, 1.807) is 12.1 Å². The molecule has 0 radical (unpaired) electrons. The average molecular weight is 394 g/mol. The van der Waals surface area contributed by atoms with E-state index in [0.717, 1.165) is 11.6 Å². The second-order valence-corrected chi connectivity index (χ2v) is 7.33. The summed E-state index contributed by atoms with van der Waals surface area (Å²) in [7, 11) is 0. The quantitative estimate of drug-likeness (QED) is 0.741. The van der Waals surface area contributed by atoms with Crippen molar-refractivity contribution in [2.24, 2.45) is 0 Å². The van der Waals surface area contributed by atoms with Crippen molar-refractivity contribution in [2.75, 3.05) is 18.5 Å². The fourth-order valence-corrected chi connectivity index (χ4v) is 2.32. The van der Waals surface area contributed by atoms with Gasteiger partial charge >= 0.3 is 5.97 Å². The highest BCUT2D eigenvalue weighted by atomic mass is 35.5. The van der Waals surface area contributed by atoms with Crippen molar-refractivity contribution in [2.45, 2.75) is 26.2 Å². The van der Waals surface area contributed by atoms with Gasteiger partial charge in [0.1, 0.15) is 11.6 Å². The van der Waals surface area contributed by atoms with E-state index in [1.165, 1.54) is 12.1 Å². The van der Waals surface area contributed by atoms with Crippen LogP contribution in [0.5, 0.6) is 5.75 Å². The second-order valence-electron chi connectivity index (χ2n) is 6.90. The number of carbonyl (C=O) groups excluding carboxylic acids is 2. The Morgan fingerprint density at radius 3 is 2.33 bits per heavy atom. The molecule has 0 heterocycles. The van der Waals surface area contributed by atoms with Crippen LogP contribution in [0.2, 0.25) is 5.02 Å². The molecule has 27 heavy (non-hydrogen) atoms. The highest BCUT2D eigenvalue weighted by molar-refractivity contribution is 6.30. The Bertz CT molecular complexity index is 816. The minimum atomic E-state index is -0.707. The van der Waals surface area contributed by atoms with Gasteiger partial charge in [-0.15, -0.1) is 0 Å². The molecule has 0 atom stereocenters. The van der Waals surface area contributed by atoms with Gasteiger partial charge in [-0.1, -0.05) is 44.5 Å². The molecule has 7 heteroatoms. The van der Waals surface area contributed by atoms with E-state index in [9.17, 15) is 14.0 Å². The van der Waals surface area contributed by atoms with Crippen LogP contribution in [-0.4, -0.2) is 25.1 Å². The van der Waals surface area contributed by atoms with Crippen molar-refractivity contribution in [3.8, 4) is 5.75 Å². The van der Waals surface area contributed by atoms with Gasteiger partial charge in [-0.25, -0.2) is 9.18 Å². The SMILES string of the molecule is CC(C)(C)c1ccc(OCC(=O)OCC(=O)Nc2ccc(Cl)cc2F)cc1. The number of anilines is 1. The van der Waals surface area contributed by atoms with E-state index >= 15 is 0 Å². The monoisotopic (exact) mass is 393 g/mol. The largest absolute Gasteiger partial charge is 0.482 e. The first-order valence-electron chi connectivity index (χ1n) is 8.29. The van der Waals surface area contributed by atoms with Crippen molar-refractivity contribution in [1.82, 2.24) is 0 Å². The zero-order valence-electron chi connectivity index (χ0n) is 15.3. The number of amides is 1. The van der Waals surface area contributed by atoms with Gasteiger partial charge in [0, 0.05) is 5.02 Å². The number of hydrogen-bond acceptors (Lipinski definition) is 4. The lowest BCUT2D eigenvalue weighted by molar-refractivity contribution is -0.149. The zero-order valence-corrected chi connectivity index (χ0v) is 16.1. The molecule has 144 valence electrons. The summed E-state index contributed by atoms with van der Waals surface area (Å²) in [5.74, 6) is -1.53. The number of rotatable bonds is 6. The summed E-state index contributed by atoms with van der Waals surface area (Å²) < 4.78 is 23.7. The first-order chi connectivity index (χ1) is 12.6. The molecule has 0 unspecified atom stereocenters. The Kier molecular flexibility index (Phi) is 6.80. The summed E-state index contributed by atoms with van der Waals surface area (Å²) in [6.07, 6.45) is 0. The molecule has 0 aliphatic carbocycles. The molecule has 0 aromatic heterocycles. The first kappa shape index (κ1) is 20.7. The van der Waals surface area contributed by atoms with Crippen molar-refractivity contribution in [3.05, 3.63) is 58.9 Å². The Balaban J connectivity index is 1.76. The molecular weight excluding hydrogens is 373 g/mol. The molecule has 1 amide bonds. The van der Waals surface area contributed by atoms with E-state index in [4.69, 9.17) is 21.1 Å². The fraction of sp³-hybridized carbons (Fsp3) is 0.300. The van der Waals surface area contributed by atoms with Crippen molar-refractivity contribution >= 4 is 29.2 Å². The van der Waals surface area contributed by atoms with Crippen LogP contribution in [-0.2, 0) is 19.7 Å². The predicted molar refractivity (Wildman–Crippen MR) is 102 cm³/mol. The molecule has 0 aliphatic heterocycles. The highest BCUT2D eigenvalue weighted by Crippen LogP contribution is 2.24. The number of carbonyl (C=O) groups is 2. The van der Waals surface area contributed by atoms with Crippen molar-refractivity contribution in [3.63, 3.8) is 0 Å². The molecule has 2 aromatic carbocycles. The summed E-state index contributed by atoms with van der Waals surface area (Å²) in [5.41, 5.74) is 1.12. The summed E-state index contributed by atoms with van der Waals surface area (Å²) in [5, 5.41) is 2.51. The van der Waals surface area contributed by atoms with E-state index in [-0.39, 0.29) is 22.7 Å². The third kappa shape index (κ3) is 6.57. The molecule has 0 spiro atoms. The van der Waals surface area contributed by atoms with Crippen LogP contribution in [0.4, 0.5) is 10.1 Å². The Morgan fingerprint density at radius 2 is 1.74 bits per heavy atom. The smallest absolute Gasteiger partial charge is 0.344 e. The van der Waals surface area contributed by atoms with Crippen LogP contribution in [0.25, 0.3) is 0 Å². The fourth-order valence-electron chi connectivity index (χ4n) is 2.16. The lowest BCUT2D eigenvalue weighted by Crippen LogP contribution is -2.24. The predicted octanol–water partition coefficient (Wildman–Crippen LogP) is 4.34. The minimum Gasteiger partial charge on any atom is -0.482 e. The highest BCUT2D eigenvalue weighted by Gasteiger charge is 2.14. The molecule has 0 saturated carbocycles. The molecule has 0 fully saturated rings. The van der Waals surface area contributed by atoms with Gasteiger partial charge in [-0.2, -0.15) is 0 Å². The molecule has 0 bridgehead atoms. The summed E-state index contributed by atoms with van der Waals surface area (Å²) >= 11 is 5.64. The van der Waals surface area contributed by atoms with Gasteiger partial charge in [0.15, 0.2) is 13.2 Å². The summed E-state index contributed by atoms with van der Waals surface area (Å²) in [6, 6.07) is 11.2. The van der Waals surface area contributed by atoms with Crippen LogP contribution in [0.1, 0.15) is 26.3 Å². The number of hydrogen-bond donors (Lipinski definition) is 1. The molecule has 1 N–H and O–H groups in total. The Hall–Kier alpha value is -2.60. The van der Waals surface area contributed by atoms with Gasteiger partial charge < -0.3 is 14.8 Å². The molecule has 2 rings (SSSR count). The van der Waals surface area contributed by atoms with Crippen molar-refractivity contribution < 1.29 is 23.5 Å². The summed E-state index contributed by atoms with van der Waals surface area (Å²) in [6.45, 7) is 5.41. The Labute approximate surface area is 162 Å². The molecular formula is C20H21ClFNO4. The van der Waals surface area contributed by atoms with Gasteiger partial charge in [-0.05, 0) is 41.3 Å². The second kappa shape index (κ2) is 8.86. The summed E-state index contributed by atoms with van der Waals surface area (Å²) in [4.78, 5) is 23.4. The molecule has 0 aliphatic rings. The lowest BCUT2D eigenvalue weighted by Gasteiger charge is -2.19. The third-order valence-corrected chi connectivity index (χ3v) is 3.88. The Morgan fingerprint density at radius 1 is 1.07 bits per heavy atom. The topological polar surface area (TPSA) is 64.6 Å².